The molecule has 0 aromatic rings. The van der Waals surface area contributed by atoms with Gasteiger partial charge in [-0.2, -0.15) is 0 Å². The number of ether oxygens (including phenoxy) is 4. The molecular weight excluding hydrogens is 391 g/mol. The summed E-state index contributed by atoms with van der Waals surface area (Å²) in [6, 6.07) is 0. The molecule has 0 aromatic carbocycles. The summed E-state index contributed by atoms with van der Waals surface area (Å²) in [4.78, 5) is 11.6. The van der Waals surface area contributed by atoms with Crippen LogP contribution < -0.4 is 0 Å². The molecule has 1 saturated heterocycles. The second-order valence-electron chi connectivity index (χ2n) is 5.27. The highest BCUT2D eigenvalue weighted by Crippen LogP contribution is 2.39. The van der Waals surface area contributed by atoms with E-state index in [1.807, 2.05) is 22.6 Å². The van der Waals surface area contributed by atoms with Crippen molar-refractivity contribution in [3.05, 3.63) is 10.2 Å². The Kier molecular flexibility index (Phi) is 6.42. The van der Waals surface area contributed by atoms with E-state index < -0.39 is 12.1 Å². The first-order valence-corrected chi connectivity index (χ1v) is 8.20. The Labute approximate surface area is 137 Å². The molecule has 1 N–H and O–H groups in total. The minimum absolute atomic E-state index is 0.0830. The Morgan fingerprint density at radius 1 is 1.48 bits per heavy atom. The molecule has 0 radical (unpaired) electrons. The van der Waals surface area contributed by atoms with Gasteiger partial charge in [0, 0.05) is 16.4 Å². The number of rotatable bonds is 7. The normalized spacial score (nSPS) is 25.1. The highest BCUT2D eigenvalue weighted by molar-refractivity contribution is 14.1. The molecule has 1 heterocycles. The van der Waals surface area contributed by atoms with Gasteiger partial charge in [0.05, 0.1) is 19.6 Å². The minimum Gasteiger partial charge on any atom is -0.463 e. The van der Waals surface area contributed by atoms with E-state index in [4.69, 9.17) is 18.9 Å². The second-order valence-corrected chi connectivity index (χ2v) is 6.66. The van der Waals surface area contributed by atoms with E-state index in [1.54, 1.807) is 0 Å². The monoisotopic (exact) mass is 412 g/mol. The number of hydrogen-bond acceptors (Lipinski definition) is 6. The van der Waals surface area contributed by atoms with Gasteiger partial charge in [0.2, 0.25) is 0 Å². The predicted octanol–water partition coefficient (Wildman–Crippen LogP) is 1.89. The zero-order chi connectivity index (χ0) is 15.3. The molecule has 0 aromatic heterocycles. The van der Waals surface area contributed by atoms with Gasteiger partial charge in [0.15, 0.2) is 12.1 Å². The molecular formula is C14H21IO6. The fraction of sp³-hybridized carbons (Fsp3) is 0.786. The third kappa shape index (κ3) is 5.17. The van der Waals surface area contributed by atoms with Gasteiger partial charge in [-0.3, -0.25) is 4.79 Å². The van der Waals surface area contributed by atoms with Gasteiger partial charge in [0.1, 0.15) is 12.7 Å². The van der Waals surface area contributed by atoms with Crippen LogP contribution >= 0.6 is 22.6 Å². The molecule has 0 bridgehead atoms. The van der Waals surface area contributed by atoms with Crippen molar-refractivity contribution in [3.8, 4) is 0 Å². The van der Waals surface area contributed by atoms with Crippen LogP contribution in [0.4, 0.5) is 0 Å². The first-order chi connectivity index (χ1) is 10.0. The highest BCUT2D eigenvalue weighted by atomic mass is 127. The average Bonchev–Trinajstić information content (AvgIpc) is 3.07. The van der Waals surface area contributed by atoms with Crippen molar-refractivity contribution in [1.82, 2.24) is 0 Å². The SMILES string of the molecule is C=C(I)C(O)OCCC(=O)OCC1COC2(CCCC2)O1. The minimum atomic E-state index is -1.05. The molecule has 2 unspecified atom stereocenters. The van der Waals surface area contributed by atoms with E-state index in [0.717, 1.165) is 25.7 Å². The van der Waals surface area contributed by atoms with E-state index in [-0.39, 0.29) is 31.7 Å². The van der Waals surface area contributed by atoms with Crippen molar-refractivity contribution < 1.29 is 28.8 Å². The molecule has 2 atom stereocenters. The van der Waals surface area contributed by atoms with Crippen molar-refractivity contribution in [1.29, 1.82) is 0 Å². The molecule has 2 rings (SSSR count). The summed E-state index contributed by atoms with van der Waals surface area (Å²) in [5.74, 6) is -0.803. The Hall–Kier alpha value is -0.220. The zero-order valence-corrected chi connectivity index (χ0v) is 14.0. The third-order valence-electron chi connectivity index (χ3n) is 3.56. The molecule has 0 amide bonds. The summed E-state index contributed by atoms with van der Waals surface area (Å²) in [5, 5.41) is 9.34. The zero-order valence-electron chi connectivity index (χ0n) is 11.9. The van der Waals surface area contributed by atoms with Crippen LogP contribution in [0.25, 0.3) is 0 Å². The maximum Gasteiger partial charge on any atom is 0.308 e. The van der Waals surface area contributed by atoms with Gasteiger partial charge >= 0.3 is 5.97 Å². The number of hydrogen-bond donors (Lipinski definition) is 1. The van der Waals surface area contributed by atoms with Crippen molar-refractivity contribution in [2.24, 2.45) is 0 Å². The number of aliphatic hydroxyl groups is 1. The van der Waals surface area contributed by atoms with Gasteiger partial charge in [0.25, 0.3) is 0 Å². The molecule has 7 heteroatoms. The summed E-state index contributed by atoms with van der Waals surface area (Å²) < 4.78 is 22.2. The number of carbonyl (C=O) groups excluding carboxylic acids is 1. The molecule has 2 fully saturated rings. The van der Waals surface area contributed by atoms with Crippen molar-refractivity contribution in [2.75, 3.05) is 19.8 Å². The van der Waals surface area contributed by atoms with E-state index in [2.05, 4.69) is 6.58 Å². The first kappa shape index (κ1) is 17.1. The number of carbonyl (C=O) groups is 1. The quantitative estimate of drug-likeness (QED) is 0.391. The number of aliphatic hydroxyl groups excluding tert-OH is 1. The third-order valence-corrected chi connectivity index (χ3v) is 4.09. The Morgan fingerprint density at radius 3 is 2.86 bits per heavy atom. The lowest BCUT2D eigenvalue weighted by Gasteiger charge is -2.21. The smallest absolute Gasteiger partial charge is 0.308 e. The fourth-order valence-corrected chi connectivity index (χ4v) is 2.66. The van der Waals surface area contributed by atoms with E-state index in [1.165, 1.54) is 0 Å². The summed E-state index contributed by atoms with van der Waals surface area (Å²) in [6.45, 7) is 4.30. The standard InChI is InChI=1S/C14H21IO6/c1-10(15)13(17)18-7-4-12(16)19-8-11-9-20-14(21-11)5-2-3-6-14/h11,13,17H,1-9H2. The average molecular weight is 412 g/mol. The molecule has 1 spiro atoms. The van der Waals surface area contributed by atoms with Crippen LogP contribution in [0, 0.1) is 0 Å². The van der Waals surface area contributed by atoms with Gasteiger partial charge in [-0.15, -0.1) is 0 Å². The van der Waals surface area contributed by atoms with Crippen LogP contribution in [0.5, 0.6) is 0 Å². The van der Waals surface area contributed by atoms with Crippen LogP contribution in [0.1, 0.15) is 32.1 Å². The summed E-state index contributed by atoms with van der Waals surface area (Å²) >= 11 is 1.87. The van der Waals surface area contributed by atoms with Gasteiger partial charge in [-0.1, -0.05) is 6.58 Å². The second kappa shape index (κ2) is 7.87. The number of halogens is 1. The van der Waals surface area contributed by atoms with Gasteiger partial charge in [-0.25, -0.2) is 0 Å². The molecule has 6 nitrogen and oxygen atoms in total. The van der Waals surface area contributed by atoms with Crippen molar-refractivity contribution in [3.63, 3.8) is 0 Å². The lowest BCUT2D eigenvalue weighted by atomic mass is 10.2. The summed E-state index contributed by atoms with van der Waals surface area (Å²) in [6.07, 6.45) is 2.93. The van der Waals surface area contributed by atoms with Crippen LogP contribution in [0.3, 0.4) is 0 Å². The van der Waals surface area contributed by atoms with E-state index >= 15 is 0 Å². The van der Waals surface area contributed by atoms with Crippen LogP contribution in [-0.2, 0) is 23.7 Å². The first-order valence-electron chi connectivity index (χ1n) is 7.12. The van der Waals surface area contributed by atoms with E-state index in [9.17, 15) is 9.90 Å². The molecule has 1 saturated carbocycles. The predicted molar refractivity (Wildman–Crippen MR) is 82.7 cm³/mol. The topological polar surface area (TPSA) is 74.2 Å². The van der Waals surface area contributed by atoms with Crippen LogP contribution in [0.15, 0.2) is 10.2 Å². The lowest BCUT2D eigenvalue weighted by molar-refractivity contribution is -0.172. The maximum absolute atomic E-state index is 11.6. The van der Waals surface area contributed by atoms with Gasteiger partial charge in [-0.05, 0) is 35.4 Å². The molecule has 1 aliphatic carbocycles. The Morgan fingerprint density at radius 2 is 2.19 bits per heavy atom. The lowest BCUT2D eigenvalue weighted by Crippen LogP contribution is -2.28. The van der Waals surface area contributed by atoms with Crippen LogP contribution in [-0.4, -0.2) is 49.1 Å². The summed E-state index contributed by atoms with van der Waals surface area (Å²) in [5.41, 5.74) is 0. The molecule has 1 aliphatic heterocycles. The Balaban J connectivity index is 1.58. The van der Waals surface area contributed by atoms with Crippen molar-refractivity contribution in [2.45, 2.75) is 50.3 Å². The highest BCUT2D eigenvalue weighted by Gasteiger charge is 2.43. The number of esters is 1. The van der Waals surface area contributed by atoms with Gasteiger partial charge < -0.3 is 24.1 Å². The van der Waals surface area contributed by atoms with Crippen LogP contribution in [0.2, 0.25) is 0 Å². The maximum atomic E-state index is 11.6. The molecule has 120 valence electrons. The Bertz CT molecular complexity index is 380. The van der Waals surface area contributed by atoms with Crippen molar-refractivity contribution >= 4 is 28.6 Å². The molecule has 21 heavy (non-hydrogen) atoms. The largest absolute Gasteiger partial charge is 0.463 e. The summed E-state index contributed by atoms with van der Waals surface area (Å²) in [7, 11) is 0. The fourth-order valence-electron chi connectivity index (χ4n) is 2.48. The molecule has 2 aliphatic rings. The van der Waals surface area contributed by atoms with E-state index in [0.29, 0.717) is 10.2 Å².